The van der Waals surface area contributed by atoms with E-state index in [-0.39, 0.29) is 6.61 Å². The Labute approximate surface area is 164 Å². The maximum Gasteiger partial charge on any atom is 0.341 e. The molecule has 9 heteroatoms. The number of anilines is 1. The predicted molar refractivity (Wildman–Crippen MR) is 102 cm³/mol. The fourth-order valence-corrected chi connectivity index (χ4v) is 4.41. The van der Waals surface area contributed by atoms with Crippen molar-refractivity contribution in [3.63, 3.8) is 0 Å². The highest BCUT2D eigenvalue weighted by molar-refractivity contribution is 7.17. The van der Waals surface area contributed by atoms with Gasteiger partial charge in [-0.05, 0) is 31.2 Å². The van der Waals surface area contributed by atoms with Crippen LogP contribution in [-0.4, -0.2) is 43.8 Å². The van der Waals surface area contributed by atoms with Crippen molar-refractivity contribution in [1.82, 2.24) is 0 Å². The molecule has 7 nitrogen and oxygen atoms in total. The van der Waals surface area contributed by atoms with Gasteiger partial charge in [-0.2, -0.15) is 0 Å². The minimum Gasteiger partial charge on any atom is -0.462 e. The van der Waals surface area contributed by atoms with Crippen LogP contribution in [0.15, 0.2) is 22.9 Å². The third-order valence-corrected chi connectivity index (χ3v) is 5.65. The summed E-state index contributed by atoms with van der Waals surface area (Å²) in [4.78, 5) is 37.3. The predicted octanol–water partition coefficient (Wildman–Crippen LogP) is 3.31. The van der Waals surface area contributed by atoms with E-state index >= 15 is 0 Å². The van der Waals surface area contributed by atoms with Crippen molar-refractivity contribution in [2.45, 2.75) is 25.9 Å². The van der Waals surface area contributed by atoms with Crippen LogP contribution < -0.4 is 5.32 Å². The van der Waals surface area contributed by atoms with Gasteiger partial charge in [-0.25, -0.2) is 9.59 Å². The molecular formula is C18H19NO6S2. The second-order valence-corrected chi connectivity index (χ2v) is 7.54. The van der Waals surface area contributed by atoms with Crippen molar-refractivity contribution >= 4 is 45.5 Å². The monoisotopic (exact) mass is 409 g/mol. The molecule has 1 fully saturated rings. The van der Waals surface area contributed by atoms with Crippen LogP contribution in [0, 0.1) is 0 Å². The summed E-state index contributed by atoms with van der Waals surface area (Å²) in [5, 5.41) is 6.72. The van der Waals surface area contributed by atoms with Gasteiger partial charge in [-0.15, -0.1) is 22.7 Å². The highest BCUT2D eigenvalue weighted by Gasteiger charge is 2.27. The van der Waals surface area contributed by atoms with E-state index < -0.39 is 30.6 Å². The number of ether oxygens (including phenoxy) is 3. The second kappa shape index (κ2) is 9.12. The summed E-state index contributed by atoms with van der Waals surface area (Å²) in [5.41, 5.74) is 1.02. The topological polar surface area (TPSA) is 90.9 Å². The maximum atomic E-state index is 12.4. The van der Waals surface area contributed by atoms with Gasteiger partial charge in [0.05, 0.1) is 6.61 Å². The van der Waals surface area contributed by atoms with Crippen molar-refractivity contribution in [2.24, 2.45) is 0 Å². The van der Waals surface area contributed by atoms with E-state index in [4.69, 9.17) is 14.2 Å². The van der Waals surface area contributed by atoms with Gasteiger partial charge in [0.1, 0.15) is 10.6 Å². The van der Waals surface area contributed by atoms with Crippen molar-refractivity contribution in [2.75, 3.05) is 25.1 Å². The van der Waals surface area contributed by atoms with E-state index in [0.29, 0.717) is 29.2 Å². The van der Waals surface area contributed by atoms with E-state index in [1.165, 1.54) is 22.7 Å². The van der Waals surface area contributed by atoms with E-state index in [1.807, 2.05) is 17.5 Å². The average molecular weight is 409 g/mol. The Bertz CT molecular complexity index is 808. The first kappa shape index (κ1) is 19.5. The van der Waals surface area contributed by atoms with Crippen molar-refractivity contribution in [1.29, 1.82) is 0 Å². The molecule has 27 heavy (non-hydrogen) atoms. The molecule has 0 bridgehead atoms. The number of esters is 2. The molecule has 1 aliphatic rings. The van der Waals surface area contributed by atoms with Crippen LogP contribution in [0.3, 0.4) is 0 Å². The lowest BCUT2D eigenvalue weighted by Gasteiger charge is -2.10. The van der Waals surface area contributed by atoms with Gasteiger partial charge in [0, 0.05) is 22.4 Å². The smallest absolute Gasteiger partial charge is 0.341 e. The summed E-state index contributed by atoms with van der Waals surface area (Å²) in [6, 6.07) is 3.78. The van der Waals surface area contributed by atoms with Crippen LogP contribution in [0.1, 0.15) is 30.1 Å². The molecule has 0 unspecified atom stereocenters. The molecule has 0 aliphatic carbocycles. The second-order valence-electron chi connectivity index (χ2n) is 5.71. The molecule has 1 amide bonds. The molecule has 1 atom stereocenters. The molecule has 1 N–H and O–H groups in total. The average Bonchev–Trinajstić information content (AvgIpc) is 3.40. The van der Waals surface area contributed by atoms with Gasteiger partial charge in [-0.1, -0.05) is 6.07 Å². The number of amides is 1. The molecule has 0 radical (unpaired) electrons. The summed E-state index contributed by atoms with van der Waals surface area (Å²) in [6.45, 7) is 2.03. The molecule has 2 aromatic heterocycles. The van der Waals surface area contributed by atoms with Gasteiger partial charge in [0.25, 0.3) is 5.91 Å². The third-order valence-electron chi connectivity index (χ3n) is 3.85. The molecule has 0 aromatic carbocycles. The Morgan fingerprint density at radius 2 is 2.15 bits per heavy atom. The first-order valence-electron chi connectivity index (χ1n) is 8.50. The van der Waals surface area contributed by atoms with Crippen LogP contribution in [0.25, 0.3) is 10.4 Å². The third kappa shape index (κ3) is 4.74. The molecule has 0 saturated carbocycles. The molecule has 1 saturated heterocycles. The quantitative estimate of drug-likeness (QED) is 0.706. The van der Waals surface area contributed by atoms with Crippen LogP contribution in [0.4, 0.5) is 5.00 Å². The van der Waals surface area contributed by atoms with E-state index in [0.717, 1.165) is 11.3 Å². The SMILES string of the molecule is CCOC(=O)c1c(-c2cccs2)csc1NC(=O)COC(=O)[C@@H]1CCCO1. The first-order valence-corrected chi connectivity index (χ1v) is 10.3. The number of carbonyl (C=O) groups is 3. The van der Waals surface area contributed by atoms with Crippen LogP contribution in [0.2, 0.25) is 0 Å². The minimum absolute atomic E-state index is 0.227. The van der Waals surface area contributed by atoms with Crippen LogP contribution in [0.5, 0.6) is 0 Å². The summed E-state index contributed by atoms with van der Waals surface area (Å²) in [5.74, 6) is -1.57. The van der Waals surface area contributed by atoms with Gasteiger partial charge >= 0.3 is 11.9 Å². The summed E-state index contributed by atoms with van der Waals surface area (Å²) >= 11 is 2.71. The summed E-state index contributed by atoms with van der Waals surface area (Å²) in [6.07, 6.45) is 0.804. The Morgan fingerprint density at radius 1 is 1.30 bits per heavy atom. The Hall–Kier alpha value is -2.23. The van der Waals surface area contributed by atoms with E-state index in [1.54, 1.807) is 12.3 Å². The zero-order valence-corrected chi connectivity index (χ0v) is 16.3. The molecule has 3 heterocycles. The Kier molecular flexibility index (Phi) is 6.59. The fourth-order valence-electron chi connectivity index (χ4n) is 2.62. The lowest BCUT2D eigenvalue weighted by Crippen LogP contribution is -2.27. The van der Waals surface area contributed by atoms with Crippen LogP contribution >= 0.6 is 22.7 Å². The molecule has 1 aliphatic heterocycles. The van der Waals surface area contributed by atoms with E-state index in [9.17, 15) is 14.4 Å². The number of rotatable bonds is 7. The molecule has 0 spiro atoms. The Morgan fingerprint density at radius 3 is 2.81 bits per heavy atom. The molecule has 2 aromatic rings. The summed E-state index contributed by atoms with van der Waals surface area (Å²) in [7, 11) is 0. The number of hydrogen-bond donors (Lipinski definition) is 1. The fraction of sp³-hybridized carbons (Fsp3) is 0.389. The van der Waals surface area contributed by atoms with Gasteiger partial charge in [0.2, 0.25) is 0 Å². The number of hydrogen-bond acceptors (Lipinski definition) is 8. The van der Waals surface area contributed by atoms with E-state index in [2.05, 4.69) is 5.32 Å². The summed E-state index contributed by atoms with van der Waals surface area (Å²) < 4.78 is 15.4. The number of carbonyl (C=O) groups excluding carboxylic acids is 3. The molecular weight excluding hydrogens is 390 g/mol. The lowest BCUT2D eigenvalue weighted by atomic mass is 10.1. The van der Waals surface area contributed by atoms with Crippen molar-refractivity contribution in [3.05, 3.63) is 28.5 Å². The Balaban J connectivity index is 1.69. The van der Waals surface area contributed by atoms with Gasteiger partial charge in [-0.3, -0.25) is 4.79 Å². The van der Waals surface area contributed by atoms with Crippen LogP contribution in [-0.2, 0) is 23.8 Å². The highest BCUT2D eigenvalue weighted by Crippen LogP contribution is 2.38. The van der Waals surface area contributed by atoms with Gasteiger partial charge < -0.3 is 19.5 Å². The lowest BCUT2D eigenvalue weighted by molar-refractivity contribution is -0.156. The number of thiophene rings is 2. The first-order chi connectivity index (χ1) is 13.1. The molecule has 144 valence electrons. The standard InChI is InChI=1S/C18H19NO6S2/c1-2-23-18(22)15-11(13-6-4-8-26-13)10-27-16(15)19-14(20)9-25-17(21)12-5-3-7-24-12/h4,6,8,10,12H,2-3,5,7,9H2,1H3,(H,19,20)/t12-/m0/s1. The normalized spacial score (nSPS) is 16.1. The highest BCUT2D eigenvalue weighted by atomic mass is 32.1. The minimum atomic E-state index is -0.597. The zero-order chi connectivity index (χ0) is 19.2. The van der Waals surface area contributed by atoms with Crippen molar-refractivity contribution in [3.8, 4) is 10.4 Å². The number of nitrogens with one attached hydrogen (secondary N) is 1. The van der Waals surface area contributed by atoms with Gasteiger partial charge in [0.15, 0.2) is 12.7 Å². The zero-order valence-electron chi connectivity index (χ0n) is 14.7. The van der Waals surface area contributed by atoms with Crippen molar-refractivity contribution < 1.29 is 28.6 Å². The molecule has 3 rings (SSSR count). The largest absolute Gasteiger partial charge is 0.462 e. The maximum absolute atomic E-state index is 12.4.